The van der Waals surface area contributed by atoms with Gasteiger partial charge in [-0.1, -0.05) is 0 Å². The van der Waals surface area contributed by atoms with E-state index in [4.69, 9.17) is 5.73 Å². The Morgan fingerprint density at radius 2 is 2.27 bits per heavy atom. The van der Waals surface area contributed by atoms with Gasteiger partial charge in [0.15, 0.2) is 0 Å². The van der Waals surface area contributed by atoms with Crippen molar-refractivity contribution in [3.8, 4) is 11.3 Å². The molecule has 0 atom stereocenters. The second kappa shape index (κ2) is 3.68. The molecule has 0 saturated carbocycles. The van der Waals surface area contributed by atoms with Gasteiger partial charge in [0.25, 0.3) is 0 Å². The molecule has 0 saturated heterocycles. The second-order valence-electron chi connectivity index (χ2n) is 3.18. The van der Waals surface area contributed by atoms with E-state index in [-0.39, 0.29) is 0 Å². The minimum absolute atomic E-state index is 0.391. The maximum absolute atomic E-state index is 12.9. The molecule has 2 rings (SSSR count). The summed E-state index contributed by atoms with van der Waals surface area (Å²) in [5.41, 5.74) is 7.47. The number of nitrogens with zero attached hydrogens (tertiary/aromatic N) is 3. The first-order valence-corrected chi connectivity index (χ1v) is 4.64. The van der Waals surface area contributed by atoms with E-state index < -0.39 is 5.82 Å². The van der Waals surface area contributed by atoms with E-state index in [1.165, 1.54) is 6.07 Å². The van der Waals surface area contributed by atoms with Gasteiger partial charge in [-0.15, -0.1) is 0 Å². The lowest BCUT2D eigenvalue weighted by atomic mass is 10.2. The Hall–Kier alpha value is -1.91. The summed E-state index contributed by atoms with van der Waals surface area (Å²) in [6.07, 6.45) is 4.42. The summed E-state index contributed by atoms with van der Waals surface area (Å²) in [5, 5.41) is 4.22. The smallest absolute Gasteiger partial charge is 0.142 e. The average molecular weight is 206 g/mol. The third-order valence-electron chi connectivity index (χ3n) is 2.09. The molecule has 5 heteroatoms. The van der Waals surface area contributed by atoms with Crippen LogP contribution >= 0.6 is 0 Å². The second-order valence-corrected chi connectivity index (χ2v) is 3.18. The van der Waals surface area contributed by atoms with Crippen LogP contribution in [-0.4, -0.2) is 14.8 Å². The van der Waals surface area contributed by atoms with Gasteiger partial charge in [-0.25, -0.2) is 4.39 Å². The highest BCUT2D eigenvalue weighted by molar-refractivity contribution is 5.71. The van der Waals surface area contributed by atoms with Crippen molar-refractivity contribution in [1.29, 1.82) is 0 Å². The van der Waals surface area contributed by atoms with E-state index in [0.717, 1.165) is 12.7 Å². The minimum atomic E-state index is -0.391. The van der Waals surface area contributed by atoms with Crippen molar-refractivity contribution in [2.75, 3.05) is 5.73 Å². The first-order chi connectivity index (χ1) is 7.20. The van der Waals surface area contributed by atoms with Crippen molar-refractivity contribution in [3.05, 3.63) is 30.5 Å². The molecular weight excluding hydrogens is 195 g/mol. The van der Waals surface area contributed by atoms with Crippen molar-refractivity contribution in [3.63, 3.8) is 0 Å². The average Bonchev–Trinajstić information content (AvgIpc) is 2.60. The molecule has 15 heavy (non-hydrogen) atoms. The van der Waals surface area contributed by atoms with Crippen LogP contribution in [-0.2, 0) is 6.54 Å². The number of aromatic nitrogens is 3. The Morgan fingerprint density at radius 3 is 2.87 bits per heavy atom. The Balaban J connectivity index is 2.48. The fourth-order valence-electron chi connectivity index (χ4n) is 1.36. The number of nitrogens with two attached hydrogens (primary N) is 1. The van der Waals surface area contributed by atoms with Crippen molar-refractivity contribution in [2.45, 2.75) is 13.5 Å². The lowest BCUT2D eigenvalue weighted by molar-refractivity contribution is 0.621. The summed E-state index contributed by atoms with van der Waals surface area (Å²) in [5.74, 6) is -0.391. The molecule has 2 heterocycles. The highest BCUT2D eigenvalue weighted by Crippen LogP contribution is 2.23. The van der Waals surface area contributed by atoms with Crippen LogP contribution in [0.25, 0.3) is 11.3 Å². The van der Waals surface area contributed by atoms with Crippen molar-refractivity contribution < 1.29 is 4.39 Å². The number of hydrogen-bond donors (Lipinski definition) is 1. The van der Waals surface area contributed by atoms with E-state index >= 15 is 0 Å². The standard InChI is InChI=1S/C10H11FN4/c1-2-15-6-9(12)10(14-15)7-3-8(11)5-13-4-7/h3-6H,2,12H2,1H3. The molecule has 0 unspecified atom stereocenters. The van der Waals surface area contributed by atoms with Crippen LogP contribution in [0.2, 0.25) is 0 Å². The molecule has 0 amide bonds. The molecule has 0 spiro atoms. The van der Waals surface area contributed by atoms with Crippen molar-refractivity contribution in [1.82, 2.24) is 14.8 Å². The summed E-state index contributed by atoms with van der Waals surface area (Å²) < 4.78 is 14.6. The number of aryl methyl sites for hydroxylation is 1. The first kappa shape index (κ1) is 9.64. The molecule has 4 nitrogen and oxygen atoms in total. The van der Waals surface area contributed by atoms with Gasteiger partial charge in [0.2, 0.25) is 0 Å². The van der Waals surface area contributed by atoms with E-state index in [2.05, 4.69) is 10.1 Å². The van der Waals surface area contributed by atoms with E-state index in [1.807, 2.05) is 6.92 Å². The van der Waals surface area contributed by atoms with Gasteiger partial charge in [0.05, 0.1) is 11.9 Å². The zero-order chi connectivity index (χ0) is 10.8. The highest BCUT2D eigenvalue weighted by atomic mass is 19.1. The molecule has 0 aliphatic rings. The summed E-state index contributed by atoms with van der Waals surface area (Å²) in [4.78, 5) is 3.76. The van der Waals surface area contributed by atoms with Gasteiger partial charge in [-0.05, 0) is 13.0 Å². The molecule has 2 aromatic heterocycles. The monoisotopic (exact) mass is 206 g/mol. The SMILES string of the molecule is CCn1cc(N)c(-c2cncc(F)c2)n1. The predicted molar refractivity (Wildman–Crippen MR) is 55.5 cm³/mol. The summed E-state index contributed by atoms with van der Waals surface area (Å²) in [6, 6.07) is 1.37. The van der Waals surface area contributed by atoms with Crippen LogP contribution in [0.4, 0.5) is 10.1 Å². The molecule has 0 radical (unpaired) electrons. The van der Waals surface area contributed by atoms with Gasteiger partial charge < -0.3 is 5.73 Å². The summed E-state index contributed by atoms with van der Waals surface area (Å²) >= 11 is 0. The van der Waals surface area contributed by atoms with E-state index in [1.54, 1.807) is 17.1 Å². The fraction of sp³-hybridized carbons (Fsp3) is 0.200. The van der Waals surface area contributed by atoms with E-state index in [0.29, 0.717) is 16.9 Å². The van der Waals surface area contributed by atoms with Crippen LogP contribution < -0.4 is 5.73 Å². The molecule has 0 aliphatic carbocycles. The molecular formula is C10H11FN4. The largest absolute Gasteiger partial charge is 0.396 e. The van der Waals surface area contributed by atoms with Crippen molar-refractivity contribution >= 4 is 5.69 Å². The zero-order valence-electron chi connectivity index (χ0n) is 8.31. The number of nitrogen functional groups attached to an aromatic ring is 1. The zero-order valence-corrected chi connectivity index (χ0v) is 8.31. The van der Waals surface area contributed by atoms with Gasteiger partial charge in [0.1, 0.15) is 11.5 Å². The molecule has 0 bridgehead atoms. The fourth-order valence-corrected chi connectivity index (χ4v) is 1.36. The lowest BCUT2D eigenvalue weighted by Crippen LogP contribution is -1.94. The number of anilines is 1. The van der Waals surface area contributed by atoms with Gasteiger partial charge in [0, 0.05) is 24.5 Å². The van der Waals surface area contributed by atoms with Crippen LogP contribution in [0, 0.1) is 5.82 Å². The summed E-state index contributed by atoms with van der Waals surface area (Å²) in [6.45, 7) is 2.69. The van der Waals surface area contributed by atoms with Gasteiger partial charge in [-0.3, -0.25) is 9.67 Å². The Labute approximate surface area is 86.6 Å². The highest BCUT2D eigenvalue weighted by Gasteiger charge is 2.08. The Bertz CT molecular complexity index is 478. The molecule has 2 aromatic rings. The van der Waals surface area contributed by atoms with Crippen LogP contribution in [0.15, 0.2) is 24.7 Å². The van der Waals surface area contributed by atoms with Gasteiger partial charge in [-0.2, -0.15) is 5.10 Å². The quantitative estimate of drug-likeness (QED) is 0.813. The van der Waals surface area contributed by atoms with Crippen molar-refractivity contribution in [2.24, 2.45) is 0 Å². The molecule has 0 aromatic carbocycles. The molecule has 2 N–H and O–H groups in total. The number of pyridine rings is 1. The number of rotatable bonds is 2. The maximum Gasteiger partial charge on any atom is 0.142 e. The van der Waals surface area contributed by atoms with Gasteiger partial charge >= 0.3 is 0 Å². The topological polar surface area (TPSA) is 56.7 Å². The lowest BCUT2D eigenvalue weighted by Gasteiger charge is -1.97. The normalized spacial score (nSPS) is 10.5. The van der Waals surface area contributed by atoms with Crippen LogP contribution in [0.5, 0.6) is 0 Å². The maximum atomic E-state index is 12.9. The molecule has 0 aliphatic heterocycles. The van der Waals surface area contributed by atoms with Crippen LogP contribution in [0.3, 0.4) is 0 Å². The Kier molecular flexibility index (Phi) is 2.37. The third-order valence-corrected chi connectivity index (χ3v) is 2.09. The summed E-state index contributed by atoms with van der Waals surface area (Å²) in [7, 11) is 0. The third kappa shape index (κ3) is 1.81. The number of halogens is 1. The molecule has 0 fully saturated rings. The van der Waals surface area contributed by atoms with Crippen LogP contribution in [0.1, 0.15) is 6.92 Å². The predicted octanol–water partition coefficient (Wildman–Crippen LogP) is 1.69. The number of hydrogen-bond acceptors (Lipinski definition) is 3. The minimum Gasteiger partial charge on any atom is -0.396 e. The van der Waals surface area contributed by atoms with E-state index in [9.17, 15) is 4.39 Å². The Morgan fingerprint density at radius 1 is 1.47 bits per heavy atom. The first-order valence-electron chi connectivity index (χ1n) is 4.64. The molecule has 78 valence electrons.